The van der Waals surface area contributed by atoms with Gasteiger partial charge in [-0.2, -0.15) is 0 Å². The summed E-state index contributed by atoms with van der Waals surface area (Å²) in [5, 5.41) is 0. The summed E-state index contributed by atoms with van der Waals surface area (Å²) in [7, 11) is 1.34. The van der Waals surface area contributed by atoms with Crippen molar-refractivity contribution in [3.05, 3.63) is 53.6 Å². The smallest absolute Gasteiger partial charge is 0.339 e. The molecule has 110 valence electrons. The van der Waals surface area contributed by atoms with Crippen molar-refractivity contribution in [3.63, 3.8) is 0 Å². The summed E-state index contributed by atoms with van der Waals surface area (Å²) >= 11 is 0. The fourth-order valence-electron chi connectivity index (χ4n) is 2.02. The molecule has 0 radical (unpaired) electrons. The number of nitrogens with zero attached hydrogens (tertiary/aromatic N) is 2. The van der Waals surface area contributed by atoms with Gasteiger partial charge in [-0.05, 0) is 24.6 Å². The van der Waals surface area contributed by atoms with Gasteiger partial charge in [-0.3, -0.25) is 9.78 Å². The molecule has 0 N–H and O–H groups in total. The summed E-state index contributed by atoms with van der Waals surface area (Å²) in [4.78, 5) is 27.3. The third-order valence-electron chi connectivity index (χ3n) is 3.14. The Hall–Kier alpha value is -2.43. The maximum Gasteiger partial charge on any atom is 0.339 e. The molecule has 0 saturated carbocycles. The van der Waals surface area contributed by atoms with Gasteiger partial charge in [0.2, 0.25) is 0 Å². The van der Waals surface area contributed by atoms with Crippen LogP contribution in [0.4, 0.5) is 0 Å². The molecule has 2 rings (SSSR count). The lowest BCUT2D eigenvalue weighted by Gasteiger charge is -2.03. The van der Waals surface area contributed by atoms with Gasteiger partial charge in [-0.25, -0.2) is 4.79 Å². The van der Waals surface area contributed by atoms with Gasteiger partial charge >= 0.3 is 5.97 Å². The van der Waals surface area contributed by atoms with Crippen LogP contribution in [0.15, 0.2) is 36.8 Å². The zero-order chi connectivity index (χ0) is 15.2. The molecule has 5 heteroatoms. The molecule has 0 fully saturated rings. The standard InChI is InChI=1S/C16H18N2O3/c1-3-4-15(19)13-7-8-18(10-13)11-14-6-5-12(9-17-14)16(20)21-2/h5-10H,3-4,11H2,1-2H3. The van der Waals surface area contributed by atoms with E-state index in [9.17, 15) is 9.59 Å². The Morgan fingerprint density at radius 1 is 1.24 bits per heavy atom. The van der Waals surface area contributed by atoms with Gasteiger partial charge in [0, 0.05) is 30.6 Å². The van der Waals surface area contributed by atoms with E-state index in [1.54, 1.807) is 12.1 Å². The monoisotopic (exact) mass is 286 g/mol. The van der Waals surface area contributed by atoms with Crippen LogP contribution in [0.2, 0.25) is 0 Å². The quantitative estimate of drug-likeness (QED) is 0.605. The summed E-state index contributed by atoms with van der Waals surface area (Å²) in [5.74, 6) is -0.243. The van der Waals surface area contributed by atoms with Crippen molar-refractivity contribution in [3.8, 4) is 0 Å². The largest absolute Gasteiger partial charge is 0.465 e. The van der Waals surface area contributed by atoms with E-state index in [1.165, 1.54) is 13.3 Å². The third-order valence-corrected chi connectivity index (χ3v) is 3.14. The van der Waals surface area contributed by atoms with Gasteiger partial charge < -0.3 is 9.30 Å². The molecule has 0 unspecified atom stereocenters. The van der Waals surface area contributed by atoms with Crippen LogP contribution in [0.3, 0.4) is 0 Å². The first kappa shape index (κ1) is 15.0. The van der Waals surface area contributed by atoms with Crippen LogP contribution in [-0.2, 0) is 11.3 Å². The highest BCUT2D eigenvalue weighted by molar-refractivity contribution is 5.95. The van der Waals surface area contributed by atoms with Gasteiger partial charge in [0.05, 0.1) is 24.9 Å². The molecule has 0 aromatic carbocycles. The van der Waals surface area contributed by atoms with Gasteiger partial charge in [-0.1, -0.05) is 6.92 Å². The highest BCUT2D eigenvalue weighted by Gasteiger charge is 2.08. The molecular formula is C16H18N2O3. The number of hydrogen-bond donors (Lipinski definition) is 0. The number of pyridine rings is 1. The molecular weight excluding hydrogens is 268 g/mol. The number of methoxy groups -OCH3 is 1. The van der Waals surface area contributed by atoms with Gasteiger partial charge in [-0.15, -0.1) is 0 Å². The van der Waals surface area contributed by atoms with Crippen molar-refractivity contribution in [1.29, 1.82) is 0 Å². The van der Waals surface area contributed by atoms with Crippen LogP contribution in [0.5, 0.6) is 0 Å². The summed E-state index contributed by atoms with van der Waals surface area (Å²) in [6.07, 6.45) is 6.59. The van der Waals surface area contributed by atoms with E-state index in [-0.39, 0.29) is 5.78 Å². The summed E-state index contributed by atoms with van der Waals surface area (Å²) < 4.78 is 6.53. The highest BCUT2D eigenvalue weighted by atomic mass is 16.5. The third kappa shape index (κ3) is 3.78. The molecule has 0 aliphatic heterocycles. The van der Waals surface area contributed by atoms with Crippen molar-refractivity contribution in [2.75, 3.05) is 7.11 Å². The molecule has 0 atom stereocenters. The Balaban J connectivity index is 2.05. The molecule has 0 spiro atoms. The fraction of sp³-hybridized carbons (Fsp3) is 0.312. The summed E-state index contributed by atoms with van der Waals surface area (Å²) in [6.45, 7) is 2.54. The topological polar surface area (TPSA) is 61.2 Å². The maximum atomic E-state index is 11.8. The zero-order valence-electron chi connectivity index (χ0n) is 12.2. The highest BCUT2D eigenvalue weighted by Crippen LogP contribution is 2.09. The second kappa shape index (κ2) is 6.83. The predicted molar refractivity (Wildman–Crippen MR) is 78.3 cm³/mol. The van der Waals surface area contributed by atoms with Crippen LogP contribution < -0.4 is 0 Å². The Bertz CT molecular complexity index is 629. The molecule has 0 amide bonds. The van der Waals surface area contributed by atoms with E-state index in [0.717, 1.165) is 17.7 Å². The number of rotatable bonds is 6. The minimum absolute atomic E-state index is 0.158. The van der Waals surface area contributed by atoms with E-state index < -0.39 is 5.97 Å². The second-order valence-corrected chi connectivity index (χ2v) is 4.78. The number of ether oxygens (including phenoxy) is 1. The number of carbonyl (C=O) groups is 2. The van der Waals surface area contributed by atoms with E-state index in [4.69, 9.17) is 0 Å². The minimum Gasteiger partial charge on any atom is -0.465 e. The first-order valence-corrected chi connectivity index (χ1v) is 6.86. The number of hydrogen-bond acceptors (Lipinski definition) is 4. The van der Waals surface area contributed by atoms with Crippen LogP contribution in [0.25, 0.3) is 0 Å². The normalized spacial score (nSPS) is 10.4. The Morgan fingerprint density at radius 2 is 2.05 bits per heavy atom. The molecule has 2 aromatic heterocycles. The average Bonchev–Trinajstić information content (AvgIpc) is 2.96. The number of esters is 1. The lowest BCUT2D eigenvalue weighted by molar-refractivity contribution is 0.0600. The lowest BCUT2D eigenvalue weighted by Crippen LogP contribution is -2.04. The van der Waals surface area contributed by atoms with Crippen molar-refractivity contribution in [2.45, 2.75) is 26.3 Å². The van der Waals surface area contributed by atoms with Crippen LogP contribution in [-0.4, -0.2) is 28.4 Å². The molecule has 2 heterocycles. The first-order chi connectivity index (χ1) is 10.1. The number of ketones is 1. The average molecular weight is 286 g/mol. The zero-order valence-corrected chi connectivity index (χ0v) is 12.2. The van der Waals surface area contributed by atoms with Crippen LogP contribution in [0.1, 0.15) is 46.2 Å². The molecule has 5 nitrogen and oxygen atoms in total. The first-order valence-electron chi connectivity index (χ1n) is 6.86. The summed E-state index contributed by atoms with van der Waals surface area (Å²) in [6, 6.07) is 5.28. The minimum atomic E-state index is -0.400. The fourth-order valence-corrected chi connectivity index (χ4v) is 2.02. The number of aromatic nitrogens is 2. The SMILES string of the molecule is CCCC(=O)c1ccn(Cc2ccc(C(=O)OC)cn2)c1. The Kier molecular flexibility index (Phi) is 4.87. The lowest BCUT2D eigenvalue weighted by atomic mass is 10.1. The van der Waals surface area contributed by atoms with Crippen molar-refractivity contribution in [2.24, 2.45) is 0 Å². The van der Waals surface area contributed by atoms with E-state index >= 15 is 0 Å². The number of carbonyl (C=O) groups excluding carboxylic acids is 2. The summed E-state index contributed by atoms with van der Waals surface area (Å²) in [5.41, 5.74) is 1.96. The number of Topliss-reactive ketones (excluding diaryl/α,β-unsaturated/α-hetero) is 1. The second-order valence-electron chi connectivity index (χ2n) is 4.78. The van der Waals surface area contributed by atoms with Gasteiger partial charge in [0.15, 0.2) is 5.78 Å². The van der Waals surface area contributed by atoms with E-state index in [0.29, 0.717) is 18.5 Å². The van der Waals surface area contributed by atoms with Gasteiger partial charge in [0.1, 0.15) is 0 Å². The molecule has 21 heavy (non-hydrogen) atoms. The van der Waals surface area contributed by atoms with E-state index in [1.807, 2.05) is 30.0 Å². The molecule has 0 aliphatic rings. The Labute approximate surface area is 123 Å². The van der Waals surface area contributed by atoms with Gasteiger partial charge in [0.25, 0.3) is 0 Å². The van der Waals surface area contributed by atoms with Crippen molar-refractivity contribution in [1.82, 2.24) is 9.55 Å². The predicted octanol–water partition coefficient (Wildman–Crippen LogP) is 2.70. The van der Waals surface area contributed by atoms with E-state index in [2.05, 4.69) is 9.72 Å². The molecule has 0 saturated heterocycles. The Morgan fingerprint density at radius 3 is 2.67 bits per heavy atom. The van der Waals surface area contributed by atoms with Crippen LogP contribution in [0, 0.1) is 0 Å². The van der Waals surface area contributed by atoms with Crippen molar-refractivity contribution >= 4 is 11.8 Å². The molecule has 0 aliphatic carbocycles. The van der Waals surface area contributed by atoms with Crippen molar-refractivity contribution < 1.29 is 14.3 Å². The van der Waals surface area contributed by atoms with Crippen LogP contribution >= 0.6 is 0 Å². The molecule has 2 aromatic rings. The maximum absolute atomic E-state index is 11.8. The molecule has 0 bridgehead atoms.